The van der Waals surface area contributed by atoms with E-state index in [4.69, 9.17) is 4.55 Å². The first kappa shape index (κ1) is 32.0. The fraction of sp³-hybridized carbons (Fsp3) is 0. The Bertz CT molecular complexity index is 1760. The van der Waals surface area contributed by atoms with Crippen molar-refractivity contribution in [3.8, 4) is 11.5 Å². The van der Waals surface area contributed by atoms with Crippen molar-refractivity contribution in [3.63, 3.8) is 0 Å². The molecule has 4 aromatic carbocycles. The first-order chi connectivity index (χ1) is 16.9. The summed E-state index contributed by atoms with van der Waals surface area (Å²) in [7, 11) is -8.89. The molecule has 0 bridgehead atoms. The molecule has 0 unspecified atom stereocenters. The summed E-state index contributed by atoms with van der Waals surface area (Å²) in [6, 6.07) is 15.5. The molecule has 2 N–H and O–H groups in total. The van der Waals surface area contributed by atoms with Gasteiger partial charge in [0.2, 0.25) is 0 Å². The summed E-state index contributed by atoms with van der Waals surface area (Å²) in [5.74, 6) is -1.61. The van der Waals surface area contributed by atoms with Crippen LogP contribution in [0.25, 0.3) is 10.8 Å². The Kier molecular flexibility index (Phi) is 10.7. The third-order valence-corrected chi connectivity index (χ3v) is 6.66. The van der Waals surface area contributed by atoms with Crippen LogP contribution in [0.1, 0.15) is 0 Å². The number of nitrogens with zero attached hydrogens (tertiary/aromatic N) is 4. The molecule has 184 valence electrons. The van der Waals surface area contributed by atoms with Crippen LogP contribution in [0, 0.1) is 0 Å². The van der Waals surface area contributed by atoms with Crippen molar-refractivity contribution >= 4 is 53.8 Å². The van der Waals surface area contributed by atoms with E-state index in [9.17, 15) is 31.6 Å². The van der Waals surface area contributed by atoms with Gasteiger partial charge in [0.05, 0.1) is 27.6 Å². The fourth-order valence-corrected chi connectivity index (χ4v) is 4.36. The minimum absolute atomic E-state index is 0. The van der Waals surface area contributed by atoms with Crippen molar-refractivity contribution in [2.75, 3.05) is 0 Å². The predicted octanol–water partition coefficient (Wildman–Crippen LogP) is -1.68. The molecule has 4 aromatic rings. The molecule has 0 saturated carbocycles. The minimum Gasteiger partial charge on any atom is -0.871 e. The smallest absolute Gasteiger partial charge is 0.871 e. The number of azo groups is 2. The second-order valence-electron chi connectivity index (χ2n) is 7.23. The molecular formula is C22H14N4Na2O8S2. The molecule has 0 aliphatic heterocycles. The van der Waals surface area contributed by atoms with Crippen molar-refractivity contribution < 1.29 is 95.3 Å². The first-order valence-corrected chi connectivity index (χ1v) is 12.7. The predicted molar refractivity (Wildman–Crippen MR) is 124 cm³/mol. The Morgan fingerprint density at radius 2 is 1.18 bits per heavy atom. The van der Waals surface area contributed by atoms with Gasteiger partial charge in [0.15, 0.2) is 0 Å². The Balaban J connectivity index is 0.00000253. The van der Waals surface area contributed by atoms with Crippen LogP contribution in [0.3, 0.4) is 0 Å². The maximum atomic E-state index is 12.7. The molecule has 0 aromatic heterocycles. The van der Waals surface area contributed by atoms with E-state index in [1.54, 1.807) is 18.2 Å². The molecule has 16 heteroatoms. The second-order valence-corrected chi connectivity index (χ2v) is 10.0. The van der Waals surface area contributed by atoms with Gasteiger partial charge < -0.3 is 10.2 Å². The molecule has 0 radical (unpaired) electrons. The molecular weight excluding hydrogens is 558 g/mol. The topological polar surface area (TPSA) is 204 Å². The molecule has 0 aliphatic carbocycles. The Morgan fingerprint density at radius 1 is 0.605 bits per heavy atom. The van der Waals surface area contributed by atoms with Gasteiger partial charge >= 0.3 is 59.1 Å². The molecule has 0 amide bonds. The summed E-state index contributed by atoms with van der Waals surface area (Å²) in [4.78, 5) is -0.681. The summed E-state index contributed by atoms with van der Waals surface area (Å²) in [6.07, 6.45) is 0. The Labute approximate surface area is 261 Å². The normalized spacial score (nSPS) is 11.9. The number of fused-ring (bicyclic) bond motifs is 1. The van der Waals surface area contributed by atoms with E-state index in [0.29, 0.717) is 5.39 Å². The summed E-state index contributed by atoms with van der Waals surface area (Å²) < 4.78 is 64.0. The summed E-state index contributed by atoms with van der Waals surface area (Å²) >= 11 is 0. The first-order valence-electron chi connectivity index (χ1n) is 9.86. The van der Waals surface area contributed by atoms with Gasteiger partial charge in [-0.1, -0.05) is 41.8 Å². The zero-order valence-corrected chi connectivity index (χ0v) is 25.5. The van der Waals surface area contributed by atoms with Gasteiger partial charge in [-0.15, -0.1) is 5.11 Å². The van der Waals surface area contributed by atoms with Crippen LogP contribution in [0.4, 0.5) is 22.7 Å². The average molecular weight is 572 g/mol. The van der Waals surface area contributed by atoms with Crippen molar-refractivity contribution in [1.29, 1.82) is 0 Å². The van der Waals surface area contributed by atoms with Crippen molar-refractivity contribution in [2.24, 2.45) is 20.5 Å². The van der Waals surface area contributed by atoms with Gasteiger partial charge in [-0.05, 0) is 42.5 Å². The van der Waals surface area contributed by atoms with Gasteiger partial charge in [0, 0.05) is 10.8 Å². The van der Waals surface area contributed by atoms with Crippen LogP contribution >= 0.6 is 0 Å². The number of hydrogen-bond acceptors (Lipinski definition) is 10. The van der Waals surface area contributed by atoms with E-state index < -0.39 is 37.4 Å². The molecule has 0 aliphatic rings. The maximum absolute atomic E-state index is 12.7. The number of hydrogen-bond donors (Lipinski definition) is 2. The molecule has 12 nitrogen and oxygen atoms in total. The molecule has 0 spiro atoms. The summed E-state index contributed by atoms with van der Waals surface area (Å²) in [5, 5.41) is 40.7. The van der Waals surface area contributed by atoms with E-state index in [2.05, 4.69) is 20.5 Å². The molecule has 0 saturated heterocycles. The van der Waals surface area contributed by atoms with E-state index in [0.717, 1.165) is 30.3 Å². The third kappa shape index (κ3) is 7.24. The van der Waals surface area contributed by atoms with Crippen LogP contribution in [-0.4, -0.2) is 25.9 Å². The van der Waals surface area contributed by atoms with Gasteiger partial charge in [-0.3, -0.25) is 9.11 Å². The summed E-state index contributed by atoms with van der Waals surface area (Å²) in [5.41, 5.74) is -0.491. The maximum Gasteiger partial charge on any atom is 1.00 e. The van der Waals surface area contributed by atoms with Crippen LogP contribution in [-0.2, 0) is 20.2 Å². The zero-order valence-electron chi connectivity index (χ0n) is 19.9. The molecule has 0 atom stereocenters. The SMILES string of the molecule is O=S(=O)(O)c1ccc(N=Nc2c([O-])ccc(N=Nc3ccc(S(=O)(=O)O)c4ccccc34)c2[O-])cc1.[Na+].[Na+]. The standard InChI is InChI=1S/C22H16N4O8S2.2Na/c27-19-11-9-18(22(28)21(19)26-23-13-5-7-14(8-6-13)35(29,30)31)25-24-17-10-12-20(36(32,33)34)16-4-2-1-3-15(16)17;;/h1-12,27-28H,(H,29,30,31)(H,32,33,34);;/q;2*+1/p-2. The van der Waals surface area contributed by atoms with Crippen molar-refractivity contribution in [1.82, 2.24) is 0 Å². The molecule has 38 heavy (non-hydrogen) atoms. The fourth-order valence-electron chi connectivity index (χ4n) is 3.18. The Morgan fingerprint density at radius 3 is 1.79 bits per heavy atom. The van der Waals surface area contributed by atoms with Crippen molar-refractivity contribution in [3.05, 3.63) is 72.8 Å². The largest absolute Gasteiger partial charge is 1.00 e. The number of benzene rings is 4. The average Bonchev–Trinajstić information content (AvgIpc) is 2.82. The molecule has 4 rings (SSSR count). The zero-order chi connectivity index (χ0) is 26.1. The van der Waals surface area contributed by atoms with E-state index in [-0.39, 0.29) is 91.4 Å². The van der Waals surface area contributed by atoms with Crippen LogP contribution in [0.5, 0.6) is 11.5 Å². The third-order valence-electron chi connectivity index (χ3n) is 4.88. The Hall–Kier alpha value is -2.24. The van der Waals surface area contributed by atoms with Crippen LogP contribution < -0.4 is 69.3 Å². The van der Waals surface area contributed by atoms with Crippen molar-refractivity contribution in [2.45, 2.75) is 9.79 Å². The number of rotatable bonds is 6. The monoisotopic (exact) mass is 572 g/mol. The van der Waals surface area contributed by atoms with E-state index >= 15 is 0 Å². The minimum atomic E-state index is -4.49. The van der Waals surface area contributed by atoms with Gasteiger partial charge in [0.25, 0.3) is 20.2 Å². The van der Waals surface area contributed by atoms with Crippen LogP contribution in [0.2, 0.25) is 0 Å². The van der Waals surface area contributed by atoms with Gasteiger partial charge in [-0.25, -0.2) is 0 Å². The quantitative estimate of drug-likeness (QED) is 0.155. The summed E-state index contributed by atoms with van der Waals surface area (Å²) in [6.45, 7) is 0. The van der Waals surface area contributed by atoms with E-state index in [1.165, 1.54) is 24.3 Å². The van der Waals surface area contributed by atoms with Crippen LogP contribution in [0.15, 0.2) is 103 Å². The van der Waals surface area contributed by atoms with E-state index in [1.807, 2.05) is 0 Å². The second kappa shape index (κ2) is 12.7. The molecule has 0 heterocycles. The van der Waals surface area contributed by atoms with Gasteiger partial charge in [-0.2, -0.15) is 32.2 Å². The van der Waals surface area contributed by atoms with Gasteiger partial charge in [0.1, 0.15) is 4.90 Å². The molecule has 0 fully saturated rings.